The second-order valence-electron chi connectivity index (χ2n) is 3.41. The van der Waals surface area contributed by atoms with E-state index < -0.39 is 11.7 Å². The number of rotatable bonds is 1. The van der Waals surface area contributed by atoms with Gasteiger partial charge in [0.15, 0.2) is 0 Å². The lowest BCUT2D eigenvalue weighted by molar-refractivity contribution is -0.137. The van der Waals surface area contributed by atoms with Gasteiger partial charge in [-0.05, 0) is 34.1 Å². The summed E-state index contributed by atoms with van der Waals surface area (Å²) >= 11 is 3.17. The lowest BCUT2D eigenvalue weighted by atomic mass is 10.1. The van der Waals surface area contributed by atoms with E-state index in [0.29, 0.717) is 4.47 Å². The van der Waals surface area contributed by atoms with Gasteiger partial charge >= 0.3 is 6.18 Å². The second kappa shape index (κ2) is 4.06. The molecule has 0 amide bonds. The van der Waals surface area contributed by atoms with Gasteiger partial charge < -0.3 is 5.73 Å². The van der Waals surface area contributed by atoms with E-state index in [-0.39, 0.29) is 11.4 Å². The van der Waals surface area contributed by atoms with E-state index in [1.807, 2.05) is 0 Å². The third kappa shape index (κ3) is 2.60. The van der Waals surface area contributed by atoms with Gasteiger partial charge in [-0.3, -0.25) is 0 Å². The van der Waals surface area contributed by atoms with Crippen molar-refractivity contribution in [2.24, 2.45) is 0 Å². The number of alkyl halides is 3. The molecule has 2 N–H and O–H groups in total. The molecule has 0 spiro atoms. The fraction of sp³-hybridized carbons (Fsp3) is 0.100. The minimum Gasteiger partial charge on any atom is -0.399 e. The number of benzene rings is 1. The molecule has 1 heterocycles. The zero-order chi connectivity index (χ0) is 12.6. The van der Waals surface area contributed by atoms with Crippen molar-refractivity contribution in [3.05, 3.63) is 40.6 Å². The van der Waals surface area contributed by atoms with Crippen molar-refractivity contribution >= 4 is 21.6 Å². The molecule has 1 aromatic heterocycles. The fourth-order valence-electron chi connectivity index (χ4n) is 1.37. The Morgan fingerprint density at radius 2 is 1.94 bits per heavy atom. The molecular weight excluding hydrogens is 299 g/mol. The van der Waals surface area contributed by atoms with Crippen LogP contribution in [0.2, 0.25) is 0 Å². The molecule has 17 heavy (non-hydrogen) atoms. The van der Waals surface area contributed by atoms with Crippen LogP contribution in [0.4, 0.5) is 18.9 Å². The molecule has 0 aliphatic rings. The first-order valence-electron chi connectivity index (χ1n) is 4.54. The van der Waals surface area contributed by atoms with Gasteiger partial charge in [-0.1, -0.05) is 0 Å². The van der Waals surface area contributed by atoms with E-state index in [9.17, 15) is 13.2 Å². The third-order valence-corrected chi connectivity index (χ3v) is 2.49. The summed E-state index contributed by atoms with van der Waals surface area (Å²) < 4.78 is 39.7. The topological polar surface area (TPSA) is 43.8 Å². The average Bonchev–Trinajstić information content (AvgIpc) is 2.62. The molecule has 0 saturated carbocycles. The first-order chi connectivity index (χ1) is 7.86. The van der Waals surface area contributed by atoms with Gasteiger partial charge in [0.1, 0.15) is 0 Å². The van der Waals surface area contributed by atoms with E-state index >= 15 is 0 Å². The minimum atomic E-state index is -4.42. The predicted molar refractivity (Wildman–Crippen MR) is 60.7 cm³/mol. The van der Waals surface area contributed by atoms with E-state index in [4.69, 9.17) is 5.73 Å². The largest absolute Gasteiger partial charge is 0.416 e. The molecule has 0 radical (unpaired) electrons. The van der Waals surface area contributed by atoms with E-state index in [1.54, 1.807) is 6.20 Å². The first kappa shape index (κ1) is 12.0. The number of hydrogen-bond donors (Lipinski definition) is 1. The van der Waals surface area contributed by atoms with Crippen molar-refractivity contribution in [2.75, 3.05) is 5.73 Å². The summed E-state index contributed by atoms with van der Waals surface area (Å²) in [5.41, 5.74) is 4.96. The Morgan fingerprint density at radius 1 is 1.24 bits per heavy atom. The average molecular weight is 306 g/mol. The van der Waals surface area contributed by atoms with Crippen LogP contribution in [0.25, 0.3) is 5.69 Å². The van der Waals surface area contributed by atoms with Crippen LogP contribution in [0.15, 0.2) is 35.1 Å². The van der Waals surface area contributed by atoms with Crippen LogP contribution >= 0.6 is 15.9 Å². The molecular formula is C10H7BrF3N3. The lowest BCUT2D eigenvalue weighted by Gasteiger charge is -2.10. The van der Waals surface area contributed by atoms with E-state index in [0.717, 1.165) is 12.1 Å². The van der Waals surface area contributed by atoms with Crippen molar-refractivity contribution in [1.82, 2.24) is 9.78 Å². The standard InChI is InChI=1S/C10H7BrF3N3/c11-7-4-16-17(5-7)9-2-6(10(12,13)14)1-8(15)3-9/h1-5H,15H2. The van der Waals surface area contributed by atoms with Crippen LogP contribution in [0.5, 0.6) is 0 Å². The zero-order valence-electron chi connectivity index (χ0n) is 8.37. The Hall–Kier alpha value is -1.50. The maximum Gasteiger partial charge on any atom is 0.416 e. The van der Waals surface area contributed by atoms with Crippen molar-refractivity contribution in [3.63, 3.8) is 0 Å². The quantitative estimate of drug-likeness (QED) is 0.822. The van der Waals surface area contributed by atoms with Crippen LogP contribution in [0.3, 0.4) is 0 Å². The summed E-state index contributed by atoms with van der Waals surface area (Å²) in [7, 11) is 0. The molecule has 3 nitrogen and oxygen atoms in total. The van der Waals surface area contributed by atoms with E-state index in [1.165, 1.54) is 16.9 Å². The Kier molecular flexibility index (Phi) is 2.86. The van der Waals surface area contributed by atoms with Gasteiger partial charge in [0.2, 0.25) is 0 Å². The monoisotopic (exact) mass is 305 g/mol. The Labute approximate surface area is 103 Å². The second-order valence-corrected chi connectivity index (χ2v) is 4.33. The highest BCUT2D eigenvalue weighted by atomic mass is 79.9. The third-order valence-electron chi connectivity index (χ3n) is 2.08. The van der Waals surface area contributed by atoms with Gasteiger partial charge in [0.25, 0.3) is 0 Å². The van der Waals surface area contributed by atoms with Gasteiger partial charge in [0.05, 0.1) is 21.9 Å². The molecule has 0 aliphatic carbocycles. The van der Waals surface area contributed by atoms with Crippen LogP contribution in [-0.2, 0) is 6.18 Å². The zero-order valence-corrected chi connectivity index (χ0v) is 9.96. The Bertz CT molecular complexity index is 548. The van der Waals surface area contributed by atoms with Crippen molar-refractivity contribution in [3.8, 4) is 5.69 Å². The molecule has 0 fully saturated rings. The molecule has 7 heteroatoms. The Morgan fingerprint density at radius 3 is 2.47 bits per heavy atom. The van der Waals surface area contributed by atoms with Crippen molar-refractivity contribution < 1.29 is 13.2 Å². The van der Waals surface area contributed by atoms with Crippen LogP contribution in [0, 0.1) is 0 Å². The summed E-state index contributed by atoms with van der Waals surface area (Å²) in [6.45, 7) is 0. The number of halogens is 4. The molecule has 2 rings (SSSR count). The number of anilines is 1. The first-order valence-corrected chi connectivity index (χ1v) is 5.34. The molecule has 2 aromatic rings. The molecule has 0 aliphatic heterocycles. The smallest absolute Gasteiger partial charge is 0.399 e. The van der Waals surface area contributed by atoms with Gasteiger partial charge in [0, 0.05) is 11.9 Å². The highest BCUT2D eigenvalue weighted by Gasteiger charge is 2.31. The van der Waals surface area contributed by atoms with Crippen LogP contribution < -0.4 is 5.73 Å². The molecule has 90 valence electrons. The minimum absolute atomic E-state index is 0.0430. The van der Waals surface area contributed by atoms with Crippen molar-refractivity contribution in [1.29, 1.82) is 0 Å². The lowest BCUT2D eigenvalue weighted by Crippen LogP contribution is -2.07. The summed E-state index contributed by atoms with van der Waals surface area (Å²) in [6, 6.07) is 3.31. The van der Waals surface area contributed by atoms with Crippen LogP contribution in [0.1, 0.15) is 5.56 Å². The summed E-state index contributed by atoms with van der Waals surface area (Å²) in [5.74, 6) is 0. The molecule has 0 bridgehead atoms. The number of aromatic nitrogens is 2. The highest BCUT2D eigenvalue weighted by molar-refractivity contribution is 9.10. The van der Waals surface area contributed by atoms with Gasteiger partial charge in [-0.25, -0.2) is 4.68 Å². The van der Waals surface area contributed by atoms with E-state index in [2.05, 4.69) is 21.0 Å². The number of nitrogens with zero attached hydrogens (tertiary/aromatic N) is 2. The maximum absolute atomic E-state index is 12.6. The Balaban J connectivity index is 2.52. The summed E-state index contributed by atoms with van der Waals surface area (Å²) in [4.78, 5) is 0. The number of nitrogen functional groups attached to an aromatic ring is 1. The van der Waals surface area contributed by atoms with Gasteiger partial charge in [-0.15, -0.1) is 0 Å². The molecule has 1 aromatic carbocycles. The number of nitrogens with two attached hydrogens (primary N) is 1. The predicted octanol–water partition coefficient (Wildman–Crippen LogP) is 3.24. The SMILES string of the molecule is Nc1cc(-n2cc(Br)cn2)cc(C(F)(F)F)c1. The highest BCUT2D eigenvalue weighted by Crippen LogP contribution is 2.32. The van der Waals surface area contributed by atoms with Gasteiger partial charge in [-0.2, -0.15) is 18.3 Å². The molecule has 0 saturated heterocycles. The maximum atomic E-state index is 12.6. The molecule has 0 atom stereocenters. The van der Waals surface area contributed by atoms with Crippen molar-refractivity contribution in [2.45, 2.75) is 6.18 Å². The van der Waals surface area contributed by atoms with Crippen LogP contribution in [-0.4, -0.2) is 9.78 Å². The normalized spacial score (nSPS) is 11.8. The summed E-state index contributed by atoms with van der Waals surface area (Å²) in [6.07, 6.45) is -1.39. The molecule has 0 unspecified atom stereocenters. The summed E-state index contributed by atoms with van der Waals surface area (Å²) in [5, 5.41) is 3.90. The fourth-order valence-corrected chi connectivity index (χ4v) is 1.66. The number of hydrogen-bond acceptors (Lipinski definition) is 2.